The largest absolute Gasteiger partial charge is 0.489 e. The first kappa shape index (κ1) is 21.7. The molecule has 0 saturated heterocycles. The molecule has 3 aromatic rings. The van der Waals surface area contributed by atoms with Crippen LogP contribution in [0, 0.1) is 28.6 Å². The number of nitrogen functional groups attached to an aromatic ring is 2. The lowest BCUT2D eigenvalue weighted by molar-refractivity contribution is 0.305. The van der Waals surface area contributed by atoms with E-state index >= 15 is 0 Å². The molecular weight excluding hydrogens is 447 g/mol. The molecule has 0 aliphatic carbocycles. The highest BCUT2D eigenvalue weighted by Crippen LogP contribution is 2.41. The van der Waals surface area contributed by atoms with Crippen LogP contribution in [0.1, 0.15) is 28.3 Å². The SMILES string of the molecule is N#CNC1=NC(c2cccc(OCc3ccc(F)c(Cl)c3)c2)c2c(nc(N)c(C#N)c2N)N1. The third-order valence-corrected chi connectivity index (χ3v) is 5.21. The van der Waals surface area contributed by atoms with Crippen molar-refractivity contribution in [3.8, 4) is 18.0 Å². The van der Waals surface area contributed by atoms with E-state index in [1.54, 1.807) is 36.5 Å². The molecule has 33 heavy (non-hydrogen) atoms. The number of aromatic nitrogens is 1. The fourth-order valence-electron chi connectivity index (χ4n) is 3.39. The van der Waals surface area contributed by atoms with Crippen LogP contribution in [0.2, 0.25) is 5.02 Å². The molecule has 0 spiro atoms. The fraction of sp³-hybridized carbons (Fsp3) is 0.0909. The van der Waals surface area contributed by atoms with E-state index < -0.39 is 11.9 Å². The Morgan fingerprint density at radius 1 is 1.21 bits per heavy atom. The summed E-state index contributed by atoms with van der Waals surface area (Å²) >= 11 is 5.83. The van der Waals surface area contributed by atoms with Crippen molar-refractivity contribution in [1.29, 1.82) is 10.5 Å². The summed E-state index contributed by atoms with van der Waals surface area (Å²) in [5.41, 5.74) is 14.1. The van der Waals surface area contributed by atoms with E-state index in [4.69, 9.17) is 33.1 Å². The molecule has 0 bridgehead atoms. The molecule has 1 atom stereocenters. The summed E-state index contributed by atoms with van der Waals surface area (Å²) in [7, 11) is 0. The second-order valence-corrected chi connectivity index (χ2v) is 7.42. The van der Waals surface area contributed by atoms with Gasteiger partial charge in [0.2, 0.25) is 5.96 Å². The second kappa shape index (κ2) is 8.91. The lowest BCUT2D eigenvalue weighted by atomic mass is 9.95. The number of fused-ring (bicyclic) bond motifs is 1. The Morgan fingerprint density at radius 3 is 2.76 bits per heavy atom. The van der Waals surface area contributed by atoms with E-state index in [0.717, 1.165) is 0 Å². The van der Waals surface area contributed by atoms with Gasteiger partial charge in [-0.05, 0) is 35.4 Å². The molecular formula is C22H16ClFN8O. The van der Waals surface area contributed by atoms with Crippen molar-refractivity contribution < 1.29 is 9.13 Å². The molecule has 164 valence electrons. The van der Waals surface area contributed by atoms with Crippen molar-refractivity contribution in [1.82, 2.24) is 10.3 Å². The normalized spacial score (nSPS) is 14.2. The molecule has 6 N–H and O–H groups in total. The highest BCUT2D eigenvalue weighted by atomic mass is 35.5. The van der Waals surface area contributed by atoms with Crippen LogP contribution in [-0.2, 0) is 6.61 Å². The third-order valence-electron chi connectivity index (χ3n) is 4.92. The van der Waals surface area contributed by atoms with Gasteiger partial charge >= 0.3 is 0 Å². The Kier molecular flexibility index (Phi) is 5.85. The monoisotopic (exact) mass is 462 g/mol. The Morgan fingerprint density at radius 2 is 2.03 bits per heavy atom. The van der Waals surface area contributed by atoms with E-state index in [-0.39, 0.29) is 40.5 Å². The van der Waals surface area contributed by atoms with Gasteiger partial charge in [-0.1, -0.05) is 29.8 Å². The van der Waals surface area contributed by atoms with Crippen LogP contribution in [0.5, 0.6) is 5.75 Å². The molecule has 1 aliphatic heterocycles. The molecule has 2 heterocycles. The Balaban J connectivity index is 1.70. The zero-order valence-electron chi connectivity index (χ0n) is 16.9. The molecule has 1 aliphatic rings. The number of nitrogens with one attached hydrogen (secondary N) is 2. The molecule has 0 radical (unpaired) electrons. The van der Waals surface area contributed by atoms with E-state index in [9.17, 15) is 9.65 Å². The van der Waals surface area contributed by atoms with Crippen molar-refractivity contribution in [2.24, 2.45) is 4.99 Å². The minimum Gasteiger partial charge on any atom is -0.489 e. The van der Waals surface area contributed by atoms with Gasteiger partial charge in [0, 0.05) is 5.56 Å². The van der Waals surface area contributed by atoms with Crippen molar-refractivity contribution >= 4 is 34.9 Å². The van der Waals surface area contributed by atoms with Crippen LogP contribution in [0.25, 0.3) is 0 Å². The number of halogens is 2. The minimum absolute atomic E-state index is 0.0126. The number of anilines is 3. The van der Waals surface area contributed by atoms with Crippen molar-refractivity contribution in [2.45, 2.75) is 12.6 Å². The lowest BCUT2D eigenvalue weighted by Gasteiger charge is -2.26. The maximum atomic E-state index is 13.4. The van der Waals surface area contributed by atoms with Gasteiger partial charge < -0.3 is 21.5 Å². The zero-order chi connectivity index (χ0) is 23.5. The number of nitrogens with two attached hydrogens (primary N) is 2. The predicted octanol–water partition coefficient (Wildman–Crippen LogP) is 3.43. The van der Waals surface area contributed by atoms with Crippen LogP contribution in [0.3, 0.4) is 0 Å². The maximum Gasteiger partial charge on any atom is 0.211 e. The molecule has 9 nitrogen and oxygen atoms in total. The summed E-state index contributed by atoms with van der Waals surface area (Å²) in [4.78, 5) is 8.74. The zero-order valence-corrected chi connectivity index (χ0v) is 17.7. The van der Waals surface area contributed by atoms with Gasteiger partial charge in [-0.2, -0.15) is 10.5 Å². The van der Waals surface area contributed by atoms with Crippen LogP contribution in [-0.4, -0.2) is 10.9 Å². The van der Waals surface area contributed by atoms with Crippen LogP contribution in [0.4, 0.5) is 21.7 Å². The molecule has 0 saturated carbocycles. The molecule has 0 amide bonds. The molecule has 0 fully saturated rings. The van der Waals surface area contributed by atoms with Gasteiger partial charge in [-0.25, -0.2) is 14.4 Å². The average molecular weight is 463 g/mol. The number of nitriles is 2. The second-order valence-electron chi connectivity index (χ2n) is 7.01. The maximum absolute atomic E-state index is 13.4. The number of pyridine rings is 1. The van der Waals surface area contributed by atoms with Crippen LogP contribution >= 0.6 is 11.6 Å². The predicted molar refractivity (Wildman–Crippen MR) is 122 cm³/mol. The Bertz CT molecular complexity index is 1360. The van der Waals surface area contributed by atoms with Crippen molar-refractivity contribution in [3.63, 3.8) is 0 Å². The van der Waals surface area contributed by atoms with Gasteiger partial charge in [0.15, 0.2) is 6.19 Å². The molecule has 4 rings (SSSR count). The summed E-state index contributed by atoms with van der Waals surface area (Å²) in [5.74, 6) is 0.413. The first-order valence-corrected chi connectivity index (χ1v) is 9.94. The number of benzene rings is 2. The van der Waals surface area contributed by atoms with Crippen molar-refractivity contribution in [2.75, 3.05) is 16.8 Å². The Hall–Kier alpha value is -4.54. The highest BCUT2D eigenvalue weighted by molar-refractivity contribution is 6.30. The fourth-order valence-corrected chi connectivity index (χ4v) is 3.60. The van der Waals surface area contributed by atoms with Crippen LogP contribution < -0.4 is 26.8 Å². The highest BCUT2D eigenvalue weighted by Gasteiger charge is 2.29. The molecule has 11 heteroatoms. The number of ether oxygens (including phenoxy) is 1. The number of guanidine groups is 1. The first-order valence-electron chi connectivity index (χ1n) is 9.56. The van der Waals surface area contributed by atoms with Gasteiger partial charge in [-0.3, -0.25) is 5.32 Å². The minimum atomic E-state index is -0.693. The summed E-state index contributed by atoms with van der Waals surface area (Å²) < 4.78 is 19.2. The van der Waals surface area contributed by atoms with Gasteiger partial charge in [0.1, 0.15) is 47.5 Å². The summed E-state index contributed by atoms with van der Waals surface area (Å²) in [6, 6.07) is 12.7. The van der Waals surface area contributed by atoms with E-state index in [0.29, 0.717) is 22.4 Å². The van der Waals surface area contributed by atoms with E-state index in [1.165, 1.54) is 12.1 Å². The smallest absolute Gasteiger partial charge is 0.211 e. The number of hydrogen-bond acceptors (Lipinski definition) is 9. The number of nitrogens with zero attached hydrogens (tertiary/aromatic N) is 4. The number of hydrogen-bond donors (Lipinski definition) is 4. The van der Waals surface area contributed by atoms with Crippen molar-refractivity contribution in [3.05, 3.63) is 75.6 Å². The standard InChI is InChI=1S/C22H16ClFN8O/c23-15-6-11(4-5-16(15)24)9-33-13-3-1-2-12(7-13)19-17-18(27)14(8-25)20(28)31-21(17)32-22(30-19)29-10-26/h1-7,19H,9H2,(H6,27,28,29,30,31,32). The number of rotatable bonds is 4. The van der Waals surface area contributed by atoms with Gasteiger partial charge in [0.25, 0.3) is 0 Å². The number of aliphatic imine (C=N–C) groups is 1. The molecule has 1 aromatic heterocycles. The summed E-state index contributed by atoms with van der Waals surface area (Å²) in [6.07, 6.45) is 1.80. The third kappa shape index (κ3) is 4.28. The Labute approximate surface area is 193 Å². The van der Waals surface area contributed by atoms with Gasteiger partial charge in [0.05, 0.1) is 10.7 Å². The topological polar surface area (TPSA) is 158 Å². The van der Waals surface area contributed by atoms with E-state index in [2.05, 4.69) is 20.6 Å². The molecule has 1 unspecified atom stereocenters. The lowest BCUT2D eigenvalue weighted by Crippen LogP contribution is -2.32. The molecule has 2 aromatic carbocycles. The van der Waals surface area contributed by atoms with Crippen LogP contribution in [0.15, 0.2) is 47.5 Å². The van der Waals surface area contributed by atoms with E-state index in [1.807, 2.05) is 6.07 Å². The van der Waals surface area contributed by atoms with Gasteiger partial charge in [-0.15, -0.1) is 0 Å². The summed E-state index contributed by atoms with van der Waals surface area (Å²) in [6.45, 7) is 0.162. The first-order chi connectivity index (χ1) is 15.9. The quantitative estimate of drug-likeness (QED) is 0.339. The summed E-state index contributed by atoms with van der Waals surface area (Å²) in [5, 5.41) is 23.8. The average Bonchev–Trinajstić information content (AvgIpc) is 2.80.